The van der Waals surface area contributed by atoms with E-state index in [1.165, 1.54) is 4.31 Å². The number of H-pyrrole nitrogens is 1. The molecule has 7 nitrogen and oxygen atoms in total. The lowest BCUT2D eigenvalue weighted by molar-refractivity contribution is 0.0693. The number of fused-ring (bicyclic) bond motifs is 1. The fourth-order valence-corrected chi connectivity index (χ4v) is 5.64. The van der Waals surface area contributed by atoms with E-state index in [1.807, 2.05) is 18.2 Å². The van der Waals surface area contributed by atoms with Crippen molar-refractivity contribution >= 4 is 38.4 Å². The summed E-state index contributed by atoms with van der Waals surface area (Å²) in [6.45, 7) is 1.13. The Bertz CT molecular complexity index is 1410. The van der Waals surface area contributed by atoms with Crippen LogP contribution in [0.3, 0.4) is 0 Å². The normalized spacial score (nSPS) is 15.1. The number of hydrogen-bond donors (Lipinski definition) is 1. The number of amides is 1. The Morgan fingerprint density at radius 2 is 1.55 bits per heavy atom. The van der Waals surface area contributed by atoms with Crippen LogP contribution in [0.15, 0.2) is 78.0 Å². The zero-order chi connectivity index (χ0) is 23.0. The molecule has 0 spiro atoms. The van der Waals surface area contributed by atoms with Crippen LogP contribution in [0.4, 0.5) is 0 Å². The standard InChI is InChI=1S/C24H21ClN4O3S/c25-20-3-6-22-19(15-20)16-23(27-22)24(30)28-11-13-29(14-12-28)33(31,32)21-4-1-17(2-5-21)18-7-9-26-10-8-18/h1-10,15-16,27H,11-14H2. The van der Waals surface area contributed by atoms with Crippen LogP contribution in [-0.2, 0) is 10.0 Å². The molecule has 0 bridgehead atoms. The molecule has 0 saturated carbocycles. The lowest BCUT2D eigenvalue weighted by Gasteiger charge is -2.33. The summed E-state index contributed by atoms with van der Waals surface area (Å²) in [4.78, 5) is 22.0. The minimum atomic E-state index is -3.64. The van der Waals surface area contributed by atoms with E-state index in [1.54, 1.807) is 59.8 Å². The second kappa shape index (κ2) is 8.62. The number of benzene rings is 2. The summed E-state index contributed by atoms with van der Waals surface area (Å²) >= 11 is 6.03. The highest BCUT2D eigenvalue weighted by molar-refractivity contribution is 7.89. The molecule has 0 aliphatic carbocycles. The van der Waals surface area contributed by atoms with Gasteiger partial charge in [-0.1, -0.05) is 23.7 Å². The van der Waals surface area contributed by atoms with Crippen LogP contribution in [0.1, 0.15) is 10.5 Å². The number of nitrogens with zero attached hydrogens (tertiary/aromatic N) is 3. The second-order valence-corrected chi connectivity index (χ2v) is 10.2. The molecule has 5 rings (SSSR count). The molecule has 2 aromatic heterocycles. The highest BCUT2D eigenvalue weighted by atomic mass is 35.5. The molecule has 1 saturated heterocycles. The number of carbonyl (C=O) groups is 1. The monoisotopic (exact) mass is 480 g/mol. The van der Waals surface area contributed by atoms with E-state index < -0.39 is 10.0 Å². The van der Waals surface area contributed by atoms with Gasteiger partial charge in [0.1, 0.15) is 5.69 Å². The molecule has 0 unspecified atom stereocenters. The van der Waals surface area contributed by atoms with Gasteiger partial charge in [0.05, 0.1) is 4.90 Å². The van der Waals surface area contributed by atoms with Gasteiger partial charge in [-0.2, -0.15) is 4.31 Å². The van der Waals surface area contributed by atoms with Gasteiger partial charge in [-0.3, -0.25) is 9.78 Å². The van der Waals surface area contributed by atoms with Crippen LogP contribution < -0.4 is 0 Å². The number of nitrogens with one attached hydrogen (secondary N) is 1. The topological polar surface area (TPSA) is 86.4 Å². The van der Waals surface area contributed by atoms with Crippen molar-refractivity contribution in [1.29, 1.82) is 0 Å². The van der Waals surface area contributed by atoms with Crippen molar-refractivity contribution in [3.8, 4) is 11.1 Å². The van der Waals surface area contributed by atoms with E-state index in [9.17, 15) is 13.2 Å². The number of aromatic nitrogens is 2. The first-order valence-electron chi connectivity index (χ1n) is 10.5. The molecule has 1 aliphatic heterocycles. The third kappa shape index (κ3) is 4.25. The largest absolute Gasteiger partial charge is 0.351 e. The van der Waals surface area contributed by atoms with Crippen LogP contribution in [0, 0.1) is 0 Å². The Morgan fingerprint density at radius 1 is 0.879 bits per heavy atom. The number of carbonyl (C=O) groups excluding carboxylic acids is 1. The molecule has 2 aromatic carbocycles. The van der Waals surface area contributed by atoms with E-state index in [0.29, 0.717) is 23.8 Å². The van der Waals surface area contributed by atoms with Gasteiger partial charge in [0.2, 0.25) is 10.0 Å². The first kappa shape index (κ1) is 21.6. The maximum Gasteiger partial charge on any atom is 0.270 e. The van der Waals surface area contributed by atoms with E-state index in [-0.39, 0.29) is 23.9 Å². The van der Waals surface area contributed by atoms with Gasteiger partial charge >= 0.3 is 0 Å². The van der Waals surface area contributed by atoms with Crippen LogP contribution >= 0.6 is 11.6 Å². The Morgan fingerprint density at radius 3 is 2.24 bits per heavy atom. The summed E-state index contributed by atoms with van der Waals surface area (Å²) in [5, 5.41) is 1.47. The molecule has 1 amide bonds. The van der Waals surface area contributed by atoms with Gasteiger partial charge in [-0.25, -0.2) is 8.42 Å². The maximum atomic E-state index is 13.1. The Balaban J connectivity index is 1.27. The number of hydrogen-bond acceptors (Lipinski definition) is 4. The fraction of sp³-hybridized carbons (Fsp3) is 0.167. The molecule has 1 aliphatic rings. The van der Waals surface area contributed by atoms with Gasteiger partial charge in [0.15, 0.2) is 0 Å². The van der Waals surface area contributed by atoms with Crippen LogP contribution in [-0.4, -0.2) is 59.7 Å². The predicted molar refractivity (Wildman–Crippen MR) is 128 cm³/mol. The molecule has 0 radical (unpaired) electrons. The molecule has 33 heavy (non-hydrogen) atoms. The minimum absolute atomic E-state index is 0.152. The summed E-state index contributed by atoms with van der Waals surface area (Å²) in [5.41, 5.74) is 3.20. The quantitative estimate of drug-likeness (QED) is 0.477. The maximum absolute atomic E-state index is 13.1. The molecular weight excluding hydrogens is 460 g/mol. The second-order valence-electron chi connectivity index (χ2n) is 7.87. The zero-order valence-corrected chi connectivity index (χ0v) is 19.2. The molecular formula is C24H21ClN4O3S. The molecule has 168 valence electrons. The fourth-order valence-electron chi connectivity index (χ4n) is 4.03. The molecule has 1 fully saturated rings. The van der Waals surface area contributed by atoms with Crippen molar-refractivity contribution in [2.24, 2.45) is 0 Å². The molecule has 0 atom stereocenters. The highest BCUT2D eigenvalue weighted by Gasteiger charge is 2.31. The van der Waals surface area contributed by atoms with Gasteiger partial charge in [0.25, 0.3) is 5.91 Å². The van der Waals surface area contributed by atoms with Crippen molar-refractivity contribution in [3.63, 3.8) is 0 Å². The number of pyridine rings is 1. The van der Waals surface area contributed by atoms with Crippen LogP contribution in [0.25, 0.3) is 22.0 Å². The van der Waals surface area contributed by atoms with E-state index in [2.05, 4.69) is 9.97 Å². The lowest BCUT2D eigenvalue weighted by atomic mass is 10.1. The number of rotatable bonds is 4. The van der Waals surface area contributed by atoms with Crippen molar-refractivity contribution in [1.82, 2.24) is 19.2 Å². The van der Waals surface area contributed by atoms with E-state index >= 15 is 0 Å². The average Bonchev–Trinajstić information content (AvgIpc) is 3.27. The Kier molecular flexibility index (Phi) is 5.65. The summed E-state index contributed by atoms with van der Waals surface area (Å²) in [7, 11) is -3.64. The molecule has 4 aromatic rings. The predicted octanol–water partition coefficient (Wildman–Crippen LogP) is 4.03. The number of piperazine rings is 1. The van der Waals surface area contributed by atoms with Gasteiger partial charge in [-0.05, 0) is 59.7 Å². The SMILES string of the molecule is O=C(c1cc2cc(Cl)ccc2[nH]1)N1CCN(S(=O)(=O)c2ccc(-c3ccncc3)cc2)CC1. The summed E-state index contributed by atoms with van der Waals surface area (Å²) in [6, 6.07) is 17.8. The van der Waals surface area contributed by atoms with Gasteiger partial charge in [0, 0.05) is 54.5 Å². The molecule has 3 heterocycles. The summed E-state index contributed by atoms with van der Waals surface area (Å²) in [5.74, 6) is -0.152. The third-order valence-electron chi connectivity index (χ3n) is 5.84. The highest BCUT2D eigenvalue weighted by Crippen LogP contribution is 2.24. The smallest absolute Gasteiger partial charge is 0.270 e. The first-order chi connectivity index (χ1) is 15.9. The molecule has 9 heteroatoms. The first-order valence-corrected chi connectivity index (χ1v) is 12.3. The summed E-state index contributed by atoms with van der Waals surface area (Å²) in [6.07, 6.45) is 3.40. The van der Waals surface area contributed by atoms with E-state index in [4.69, 9.17) is 11.6 Å². The van der Waals surface area contributed by atoms with Crippen molar-refractivity contribution in [2.75, 3.05) is 26.2 Å². The minimum Gasteiger partial charge on any atom is -0.351 e. The van der Waals surface area contributed by atoms with Gasteiger partial charge in [-0.15, -0.1) is 0 Å². The number of sulfonamides is 1. The number of halogens is 1. The third-order valence-corrected chi connectivity index (χ3v) is 7.99. The van der Waals surface area contributed by atoms with Crippen molar-refractivity contribution in [3.05, 3.63) is 83.8 Å². The van der Waals surface area contributed by atoms with Crippen molar-refractivity contribution < 1.29 is 13.2 Å². The zero-order valence-electron chi connectivity index (χ0n) is 17.6. The van der Waals surface area contributed by atoms with Crippen molar-refractivity contribution in [2.45, 2.75) is 4.90 Å². The average molecular weight is 481 g/mol. The van der Waals surface area contributed by atoms with E-state index in [0.717, 1.165) is 22.0 Å². The Labute approximate surface area is 196 Å². The molecule has 1 N–H and O–H groups in total. The summed E-state index contributed by atoms with van der Waals surface area (Å²) < 4.78 is 27.7. The van der Waals surface area contributed by atoms with Crippen LogP contribution in [0.2, 0.25) is 5.02 Å². The Hall–Kier alpha value is -3.20. The number of aromatic amines is 1. The van der Waals surface area contributed by atoms with Crippen LogP contribution in [0.5, 0.6) is 0 Å². The van der Waals surface area contributed by atoms with Gasteiger partial charge < -0.3 is 9.88 Å². The lowest BCUT2D eigenvalue weighted by Crippen LogP contribution is -2.50.